The highest BCUT2D eigenvalue weighted by atomic mass is 32.1. The molecule has 2 heterocycles. The number of nitrogens with one attached hydrogen (secondary N) is 2. The molecule has 2 N–H and O–H groups in total. The van der Waals surface area contributed by atoms with Crippen molar-refractivity contribution in [2.24, 2.45) is 0 Å². The summed E-state index contributed by atoms with van der Waals surface area (Å²) in [6.45, 7) is 3.46. The lowest BCUT2D eigenvalue weighted by Gasteiger charge is -2.34. The van der Waals surface area contributed by atoms with Crippen LogP contribution < -0.4 is 10.2 Å². The van der Waals surface area contributed by atoms with Gasteiger partial charge in [0.1, 0.15) is 12.3 Å². The maximum atomic E-state index is 5.40. The van der Waals surface area contributed by atoms with Crippen LogP contribution in [0.5, 0.6) is 0 Å². The molecule has 1 atom stereocenters. The summed E-state index contributed by atoms with van der Waals surface area (Å²) in [5, 5.41) is 4.10. The SMILES string of the molecule is S=C1NC[NH+](Cc2ccccc2)CN1Cc1ccco1. The summed E-state index contributed by atoms with van der Waals surface area (Å²) in [7, 11) is 0. The first-order valence-corrected chi connectivity index (χ1v) is 7.15. The molecule has 1 saturated heterocycles. The molecular formula is C15H18N3OS+. The van der Waals surface area contributed by atoms with Crippen LogP contribution in [-0.2, 0) is 13.1 Å². The van der Waals surface area contributed by atoms with E-state index in [1.165, 1.54) is 10.5 Å². The lowest BCUT2D eigenvalue weighted by molar-refractivity contribution is -0.927. The van der Waals surface area contributed by atoms with E-state index < -0.39 is 0 Å². The highest BCUT2D eigenvalue weighted by Gasteiger charge is 2.24. The van der Waals surface area contributed by atoms with E-state index in [0.717, 1.165) is 37.3 Å². The maximum Gasteiger partial charge on any atom is 0.177 e. The molecule has 5 heteroatoms. The predicted molar refractivity (Wildman–Crippen MR) is 80.8 cm³/mol. The Labute approximate surface area is 124 Å². The number of nitrogens with zero attached hydrogens (tertiary/aromatic N) is 1. The average molecular weight is 288 g/mol. The quantitative estimate of drug-likeness (QED) is 0.821. The minimum Gasteiger partial charge on any atom is -0.467 e. The molecule has 1 aliphatic rings. The van der Waals surface area contributed by atoms with E-state index in [1.54, 1.807) is 6.26 Å². The summed E-state index contributed by atoms with van der Waals surface area (Å²) in [4.78, 5) is 3.59. The van der Waals surface area contributed by atoms with Crippen LogP contribution in [0, 0.1) is 0 Å². The van der Waals surface area contributed by atoms with Gasteiger partial charge in [0, 0.05) is 5.56 Å². The zero-order valence-electron chi connectivity index (χ0n) is 11.2. The van der Waals surface area contributed by atoms with Crippen LogP contribution in [0.15, 0.2) is 53.1 Å². The number of quaternary nitrogens is 1. The van der Waals surface area contributed by atoms with E-state index in [2.05, 4.69) is 34.5 Å². The number of rotatable bonds is 4. The van der Waals surface area contributed by atoms with Crippen molar-refractivity contribution in [2.75, 3.05) is 13.3 Å². The molecule has 0 radical (unpaired) electrons. The topological polar surface area (TPSA) is 32.9 Å². The summed E-state index contributed by atoms with van der Waals surface area (Å²) >= 11 is 5.38. The molecule has 0 aliphatic carbocycles. The summed E-state index contributed by atoms with van der Waals surface area (Å²) < 4.78 is 5.40. The number of furan rings is 1. The van der Waals surface area contributed by atoms with Gasteiger partial charge in [-0.25, -0.2) is 0 Å². The third-order valence-electron chi connectivity index (χ3n) is 3.42. The van der Waals surface area contributed by atoms with Gasteiger partial charge in [-0.2, -0.15) is 0 Å². The molecule has 3 rings (SSSR count). The van der Waals surface area contributed by atoms with Gasteiger partial charge in [-0.05, 0) is 24.4 Å². The van der Waals surface area contributed by atoms with Crippen molar-refractivity contribution < 1.29 is 9.32 Å². The average Bonchev–Trinajstić information content (AvgIpc) is 2.97. The molecule has 2 aromatic rings. The van der Waals surface area contributed by atoms with Crippen molar-refractivity contribution in [3.8, 4) is 0 Å². The molecule has 104 valence electrons. The second-order valence-corrected chi connectivity index (χ2v) is 5.39. The molecule has 1 unspecified atom stereocenters. The van der Waals surface area contributed by atoms with Crippen molar-refractivity contribution in [3.63, 3.8) is 0 Å². The highest BCUT2D eigenvalue weighted by Crippen LogP contribution is 2.05. The van der Waals surface area contributed by atoms with Crippen LogP contribution in [0.1, 0.15) is 11.3 Å². The highest BCUT2D eigenvalue weighted by molar-refractivity contribution is 7.80. The van der Waals surface area contributed by atoms with Crippen LogP contribution in [0.3, 0.4) is 0 Å². The van der Waals surface area contributed by atoms with Crippen molar-refractivity contribution in [1.82, 2.24) is 10.2 Å². The number of thiocarbonyl (C=S) groups is 1. The van der Waals surface area contributed by atoms with E-state index >= 15 is 0 Å². The second kappa shape index (κ2) is 6.07. The molecule has 1 aliphatic heterocycles. The van der Waals surface area contributed by atoms with Crippen molar-refractivity contribution in [3.05, 3.63) is 60.1 Å². The van der Waals surface area contributed by atoms with Gasteiger partial charge in [-0.3, -0.25) is 9.80 Å². The fourth-order valence-corrected chi connectivity index (χ4v) is 2.63. The molecule has 0 amide bonds. The normalized spacial score (nSPS) is 18.9. The number of benzene rings is 1. The van der Waals surface area contributed by atoms with Gasteiger partial charge in [0.15, 0.2) is 18.4 Å². The van der Waals surface area contributed by atoms with E-state index in [-0.39, 0.29) is 0 Å². The van der Waals surface area contributed by atoms with E-state index in [0.29, 0.717) is 0 Å². The van der Waals surface area contributed by atoms with Gasteiger partial charge in [0.25, 0.3) is 0 Å². The predicted octanol–water partition coefficient (Wildman–Crippen LogP) is 0.970. The van der Waals surface area contributed by atoms with E-state index in [1.807, 2.05) is 18.2 Å². The summed E-state index contributed by atoms with van der Waals surface area (Å²) in [6, 6.07) is 14.4. The van der Waals surface area contributed by atoms with Crippen LogP contribution in [0.25, 0.3) is 0 Å². The zero-order valence-corrected chi connectivity index (χ0v) is 12.0. The Bertz CT molecular complexity index is 556. The Balaban J connectivity index is 1.62. The monoisotopic (exact) mass is 288 g/mol. The van der Waals surface area contributed by atoms with Gasteiger partial charge in [0.05, 0.1) is 12.8 Å². The molecule has 4 nitrogen and oxygen atoms in total. The molecule has 1 aromatic heterocycles. The first-order chi connectivity index (χ1) is 9.81. The Morgan fingerprint density at radius 1 is 1.20 bits per heavy atom. The van der Waals surface area contributed by atoms with Gasteiger partial charge < -0.3 is 9.73 Å². The summed E-state index contributed by atoms with van der Waals surface area (Å²) in [5.41, 5.74) is 1.34. The fourth-order valence-electron chi connectivity index (χ4n) is 2.43. The Morgan fingerprint density at radius 3 is 2.80 bits per heavy atom. The molecule has 0 saturated carbocycles. The maximum absolute atomic E-state index is 5.40. The largest absolute Gasteiger partial charge is 0.467 e. The Hall–Kier alpha value is -1.85. The zero-order chi connectivity index (χ0) is 13.8. The van der Waals surface area contributed by atoms with Gasteiger partial charge in [0.2, 0.25) is 0 Å². The lowest BCUT2D eigenvalue weighted by Crippen LogP contribution is -3.15. The standard InChI is InChI=1S/C15H17N3OS/c20-15-16-11-17(9-13-5-2-1-3-6-13)12-18(15)10-14-7-4-8-19-14/h1-8H,9-12H2,(H,16,20)/p+1. The van der Waals surface area contributed by atoms with Crippen LogP contribution in [0.2, 0.25) is 0 Å². The lowest BCUT2D eigenvalue weighted by atomic mass is 10.2. The van der Waals surface area contributed by atoms with Crippen LogP contribution in [-0.4, -0.2) is 23.3 Å². The van der Waals surface area contributed by atoms with E-state index in [9.17, 15) is 0 Å². The van der Waals surface area contributed by atoms with Crippen molar-refractivity contribution in [2.45, 2.75) is 13.1 Å². The summed E-state index contributed by atoms with van der Waals surface area (Å²) in [6.07, 6.45) is 1.70. The fraction of sp³-hybridized carbons (Fsp3) is 0.267. The molecule has 1 aromatic carbocycles. The molecular weight excluding hydrogens is 270 g/mol. The first kappa shape index (κ1) is 13.1. The first-order valence-electron chi connectivity index (χ1n) is 6.74. The number of hydrogen-bond donors (Lipinski definition) is 2. The molecule has 20 heavy (non-hydrogen) atoms. The van der Waals surface area contributed by atoms with Gasteiger partial charge >= 0.3 is 0 Å². The van der Waals surface area contributed by atoms with Crippen molar-refractivity contribution >= 4 is 17.3 Å². The van der Waals surface area contributed by atoms with E-state index in [4.69, 9.17) is 16.6 Å². The molecule has 0 bridgehead atoms. The molecule has 0 spiro atoms. The minimum absolute atomic E-state index is 0.719. The van der Waals surface area contributed by atoms with Gasteiger partial charge in [-0.1, -0.05) is 30.3 Å². The minimum atomic E-state index is 0.719. The number of hydrogen-bond acceptors (Lipinski definition) is 2. The second-order valence-electron chi connectivity index (χ2n) is 5.01. The summed E-state index contributed by atoms with van der Waals surface area (Å²) in [5.74, 6) is 0.940. The van der Waals surface area contributed by atoms with Crippen LogP contribution >= 0.6 is 12.2 Å². The van der Waals surface area contributed by atoms with Crippen molar-refractivity contribution in [1.29, 1.82) is 0 Å². The van der Waals surface area contributed by atoms with Gasteiger partial charge in [-0.15, -0.1) is 0 Å². The Kier molecular flexibility index (Phi) is 3.99. The smallest absolute Gasteiger partial charge is 0.177 e. The molecule has 1 fully saturated rings. The Morgan fingerprint density at radius 2 is 2.05 bits per heavy atom. The van der Waals surface area contributed by atoms with Crippen LogP contribution in [0.4, 0.5) is 0 Å². The third-order valence-corrected chi connectivity index (χ3v) is 3.82. The third kappa shape index (κ3) is 3.18.